The van der Waals surface area contributed by atoms with Gasteiger partial charge in [0.25, 0.3) is 0 Å². The van der Waals surface area contributed by atoms with Crippen molar-refractivity contribution in [1.82, 2.24) is 5.06 Å². The molecule has 0 aromatic heterocycles. The molecule has 16 heavy (non-hydrogen) atoms. The molecule has 1 aromatic carbocycles. The molecule has 4 nitrogen and oxygen atoms in total. The second-order valence-corrected chi connectivity index (χ2v) is 3.75. The van der Waals surface area contributed by atoms with Gasteiger partial charge >= 0.3 is 5.97 Å². The molecular weight excluding hydrogens is 206 g/mol. The summed E-state index contributed by atoms with van der Waals surface area (Å²) in [5.41, 5.74) is 0.500. The SMILES string of the molecule is O=C1CCCN(OC(=O)c2ccccc2)C1. The smallest absolute Gasteiger partial charge is 0.357 e. The normalized spacial score (nSPS) is 17.1. The van der Waals surface area contributed by atoms with Gasteiger partial charge in [0.05, 0.1) is 12.1 Å². The zero-order valence-corrected chi connectivity index (χ0v) is 8.89. The van der Waals surface area contributed by atoms with Crippen LogP contribution >= 0.6 is 0 Å². The fourth-order valence-corrected chi connectivity index (χ4v) is 1.63. The van der Waals surface area contributed by atoms with Gasteiger partial charge in [-0.15, -0.1) is 5.06 Å². The van der Waals surface area contributed by atoms with Crippen LogP contribution in [0.1, 0.15) is 23.2 Å². The van der Waals surface area contributed by atoms with Gasteiger partial charge in [-0.3, -0.25) is 4.79 Å². The molecule has 0 unspecified atom stereocenters. The number of piperidine rings is 1. The fourth-order valence-electron chi connectivity index (χ4n) is 1.63. The van der Waals surface area contributed by atoms with E-state index in [4.69, 9.17) is 4.84 Å². The molecule has 1 saturated heterocycles. The predicted molar refractivity (Wildman–Crippen MR) is 57.7 cm³/mol. The monoisotopic (exact) mass is 219 g/mol. The molecule has 0 atom stereocenters. The van der Waals surface area contributed by atoms with E-state index in [-0.39, 0.29) is 12.3 Å². The van der Waals surface area contributed by atoms with Crippen molar-refractivity contribution in [3.8, 4) is 0 Å². The predicted octanol–water partition coefficient (Wildman–Crippen LogP) is 1.42. The van der Waals surface area contributed by atoms with E-state index in [1.807, 2.05) is 6.07 Å². The van der Waals surface area contributed by atoms with E-state index < -0.39 is 5.97 Å². The lowest BCUT2D eigenvalue weighted by Crippen LogP contribution is -2.37. The number of Topliss-reactive ketones (excluding diaryl/α,β-unsaturated/α-hetero) is 1. The number of ketones is 1. The molecule has 0 bridgehead atoms. The number of carbonyl (C=O) groups excluding carboxylic acids is 2. The summed E-state index contributed by atoms with van der Waals surface area (Å²) in [6.45, 7) is 0.836. The van der Waals surface area contributed by atoms with E-state index >= 15 is 0 Å². The zero-order valence-electron chi connectivity index (χ0n) is 8.89. The Morgan fingerprint density at radius 2 is 2.00 bits per heavy atom. The molecule has 0 radical (unpaired) electrons. The van der Waals surface area contributed by atoms with Crippen LogP contribution in [-0.2, 0) is 9.63 Å². The Morgan fingerprint density at radius 3 is 2.69 bits per heavy atom. The van der Waals surface area contributed by atoms with Crippen molar-refractivity contribution >= 4 is 11.8 Å². The van der Waals surface area contributed by atoms with Crippen molar-refractivity contribution in [2.75, 3.05) is 13.1 Å². The number of benzene rings is 1. The van der Waals surface area contributed by atoms with Gasteiger partial charge in [-0.05, 0) is 18.6 Å². The quantitative estimate of drug-likeness (QED) is 0.754. The van der Waals surface area contributed by atoms with E-state index in [0.717, 1.165) is 6.42 Å². The summed E-state index contributed by atoms with van der Waals surface area (Å²) >= 11 is 0. The summed E-state index contributed by atoms with van der Waals surface area (Å²) in [4.78, 5) is 27.9. The Labute approximate surface area is 93.8 Å². The molecule has 4 heteroatoms. The molecule has 1 heterocycles. The van der Waals surface area contributed by atoms with Gasteiger partial charge < -0.3 is 4.84 Å². The summed E-state index contributed by atoms with van der Waals surface area (Å²) in [6.07, 6.45) is 1.33. The summed E-state index contributed by atoms with van der Waals surface area (Å²) in [6, 6.07) is 8.76. The molecule has 0 spiro atoms. The minimum atomic E-state index is -0.407. The van der Waals surface area contributed by atoms with Crippen molar-refractivity contribution in [1.29, 1.82) is 0 Å². The Hall–Kier alpha value is -1.68. The van der Waals surface area contributed by atoms with Crippen molar-refractivity contribution in [3.63, 3.8) is 0 Å². The molecule has 0 aliphatic carbocycles. The fraction of sp³-hybridized carbons (Fsp3) is 0.333. The number of hydrogen-bond donors (Lipinski definition) is 0. The Bertz CT molecular complexity index is 389. The average molecular weight is 219 g/mol. The average Bonchev–Trinajstić information content (AvgIpc) is 2.30. The molecule has 0 saturated carbocycles. The molecule has 84 valence electrons. The Morgan fingerprint density at radius 1 is 1.25 bits per heavy atom. The van der Waals surface area contributed by atoms with Crippen molar-refractivity contribution < 1.29 is 14.4 Å². The second-order valence-electron chi connectivity index (χ2n) is 3.75. The molecule has 2 rings (SSSR count). The molecular formula is C12H13NO3. The van der Waals surface area contributed by atoms with Gasteiger partial charge in [0.15, 0.2) is 0 Å². The minimum absolute atomic E-state index is 0.118. The number of hydrogen-bond acceptors (Lipinski definition) is 4. The van der Waals surface area contributed by atoms with Gasteiger partial charge in [-0.25, -0.2) is 4.79 Å². The second kappa shape index (κ2) is 4.90. The van der Waals surface area contributed by atoms with Gasteiger partial charge in [0.2, 0.25) is 0 Å². The highest BCUT2D eigenvalue weighted by molar-refractivity contribution is 5.89. The topological polar surface area (TPSA) is 46.6 Å². The van der Waals surface area contributed by atoms with Crippen LogP contribution in [0.25, 0.3) is 0 Å². The number of hydroxylamine groups is 2. The van der Waals surface area contributed by atoms with Crippen LogP contribution in [0.2, 0.25) is 0 Å². The lowest BCUT2D eigenvalue weighted by Gasteiger charge is -2.23. The summed E-state index contributed by atoms with van der Waals surface area (Å²) < 4.78 is 0. The number of nitrogens with zero attached hydrogens (tertiary/aromatic N) is 1. The highest BCUT2D eigenvalue weighted by atomic mass is 16.7. The van der Waals surface area contributed by atoms with Crippen LogP contribution in [0.5, 0.6) is 0 Å². The van der Waals surface area contributed by atoms with E-state index in [9.17, 15) is 9.59 Å². The number of rotatable bonds is 2. The first-order chi connectivity index (χ1) is 7.75. The highest BCUT2D eigenvalue weighted by Crippen LogP contribution is 2.09. The van der Waals surface area contributed by atoms with Gasteiger partial charge in [0, 0.05) is 13.0 Å². The first kappa shape index (κ1) is 10.8. The van der Waals surface area contributed by atoms with E-state index in [1.54, 1.807) is 24.3 Å². The largest absolute Gasteiger partial charge is 0.363 e. The molecule has 1 fully saturated rings. The lowest BCUT2D eigenvalue weighted by atomic mass is 10.1. The van der Waals surface area contributed by atoms with E-state index in [0.29, 0.717) is 18.5 Å². The van der Waals surface area contributed by atoms with Crippen LogP contribution in [0.15, 0.2) is 30.3 Å². The first-order valence-corrected chi connectivity index (χ1v) is 5.30. The van der Waals surface area contributed by atoms with Crippen molar-refractivity contribution in [2.24, 2.45) is 0 Å². The van der Waals surface area contributed by atoms with Crippen molar-refractivity contribution in [2.45, 2.75) is 12.8 Å². The third kappa shape index (κ3) is 2.67. The van der Waals surface area contributed by atoms with E-state index in [1.165, 1.54) is 5.06 Å². The maximum Gasteiger partial charge on any atom is 0.357 e. The first-order valence-electron chi connectivity index (χ1n) is 5.30. The van der Waals surface area contributed by atoms with E-state index in [2.05, 4.69) is 0 Å². The Kier molecular flexibility index (Phi) is 3.31. The summed E-state index contributed by atoms with van der Waals surface area (Å²) in [5.74, 6) is -0.289. The zero-order chi connectivity index (χ0) is 11.4. The van der Waals surface area contributed by atoms with Crippen LogP contribution in [-0.4, -0.2) is 29.9 Å². The van der Waals surface area contributed by atoms with Crippen LogP contribution in [0.3, 0.4) is 0 Å². The third-order valence-electron chi connectivity index (χ3n) is 2.44. The Balaban J connectivity index is 1.95. The molecule has 0 N–H and O–H groups in total. The van der Waals surface area contributed by atoms with Crippen molar-refractivity contribution in [3.05, 3.63) is 35.9 Å². The number of carbonyl (C=O) groups is 2. The van der Waals surface area contributed by atoms with Gasteiger partial charge in [0.1, 0.15) is 5.78 Å². The van der Waals surface area contributed by atoms with Gasteiger partial charge in [-0.2, -0.15) is 0 Å². The minimum Gasteiger partial charge on any atom is -0.363 e. The van der Waals surface area contributed by atoms with Crippen LogP contribution < -0.4 is 0 Å². The van der Waals surface area contributed by atoms with Crippen LogP contribution in [0.4, 0.5) is 0 Å². The maximum atomic E-state index is 11.6. The lowest BCUT2D eigenvalue weighted by molar-refractivity contribution is -0.146. The van der Waals surface area contributed by atoms with Gasteiger partial charge in [-0.1, -0.05) is 18.2 Å². The maximum absolute atomic E-state index is 11.6. The molecule has 1 aromatic rings. The molecule has 1 aliphatic rings. The summed E-state index contributed by atoms with van der Waals surface area (Å²) in [7, 11) is 0. The highest BCUT2D eigenvalue weighted by Gasteiger charge is 2.20. The molecule has 0 amide bonds. The third-order valence-corrected chi connectivity index (χ3v) is 2.44. The van der Waals surface area contributed by atoms with Crippen LogP contribution in [0, 0.1) is 0 Å². The summed E-state index contributed by atoms with van der Waals surface area (Å²) in [5, 5.41) is 1.43. The molecule has 1 aliphatic heterocycles. The standard InChI is InChI=1S/C12H13NO3/c14-11-7-4-8-13(9-11)16-12(15)10-5-2-1-3-6-10/h1-3,5-6H,4,7-9H2.